The van der Waals surface area contributed by atoms with Gasteiger partial charge in [0.05, 0.1) is 28.0 Å². The lowest BCUT2D eigenvalue weighted by atomic mass is 9.49. The van der Waals surface area contributed by atoms with Crippen LogP contribution in [0.5, 0.6) is 5.75 Å². The van der Waals surface area contributed by atoms with E-state index in [4.69, 9.17) is 30.8 Å². The summed E-state index contributed by atoms with van der Waals surface area (Å²) in [4.78, 5) is 31.4. The quantitative estimate of drug-likeness (QED) is 0.107. The summed E-state index contributed by atoms with van der Waals surface area (Å²) in [5.41, 5.74) is 5.82. The van der Waals surface area contributed by atoms with Gasteiger partial charge < -0.3 is 24.4 Å². The Hall–Kier alpha value is -5.20. The van der Waals surface area contributed by atoms with Crippen LogP contribution in [0.15, 0.2) is 59.9 Å². The molecule has 2 fully saturated rings. The maximum absolute atomic E-state index is 13.4. The second-order valence-electron chi connectivity index (χ2n) is 18.1. The Morgan fingerprint density at radius 2 is 1.71 bits per heavy atom. The number of fused-ring (bicyclic) bond motifs is 3. The maximum atomic E-state index is 13.4. The smallest absolute Gasteiger partial charge is 0.254 e. The average Bonchev–Trinajstić information content (AvgIpc) is 3.76. The molecule has 1 aliphatic carbocycles. The van der Waals surface area contributed by atoms with Crippen LogP contribution in [0, 0.1) is 42.9 Å². The zero-order valence-corrected chi connectivity index (χ0v) is 38.9. The molecule has 3 aliphatic rings. The van der Waals surface area contributed by atoms with Gasteiger partial charge in [0.1, 0.15) is 34.8 Å². The van der Waals surface area contributed by atoms with Gasteiger partial charge in [0.25, 0.3) is 5.91 Å². The van der Waals surface area contributed by atoms with E-state index in [0.29, 0.717) is 41.1 Å². The standard InChI is InChI=1S/C48H56ClN9O4S/c1-28-29(2)63-43-39(28)40(53-38(19-23-60-8)41-56-55-30(3)58(41)43)32-13-11-31(12-14-32)10-9-22-61-35-17-20-57(21-18-35)46-51-26-34(27-52-46)42(59)54-44-47(4,5)45(48(44,6)7)62-36-16-15-33(25-50)37(49)24-36/h11-16,24,26-27,35,38,44-45H,9-10,17-23H2,1-8H3,(H,54,59)/t38-,44?,45?/m0/s1. The van der Waals surface area contributed by atoms with Crippen LogP contribution in [0.4, 0.5) is 5.95 Å². The van der Waals surface area contributed by atoms with Crippen molar-refractivity contribution in [2.24, 2.45) is 15.8 Å². The van der Waals surface area contributed by atoms with Crippen LogP contribution in [-0.2, 0) is 15.9 Å². The number of hydrogen-bond acceptors (Lipinski definition) is 12. The van der Waals surface area contributed by atoms with Gasteiger partial charge in [-0.05, 0) is 69.7 Å². The number of carbonyl (C=O) groups excluding carboxylic acids is 1. The first kappa shape index (κ1) is 44.4. The SMILES string of the molecule is COCC[C@@H]1N=C(c2ccc(CCCOC3CCN(c4ncc(C(=O)NC5C(C)(C)C(Oc6ccc(C#N)c(Cl)c6)C5(C)C)cn4)CC3)cc2)c2c(sc(C)c2C)-n2c(C)nnc21. The van der Waals surface area contributed by atoms with Crippen molar-refractivity contribution in [1.29, 1.82) is 5.26 Å². The molecule has 5 aromatic rings. The first-order valence-corrected chi connectivity index (χ1v) is 22.9. The summed E-state index contributed by atoms with van der Waals surface area (Å²) in [6, 6.07) is 15.7. The third-order valence-electron chi connectivity index (χ3n) is 13.1. The van der Waals surface area contributed by atoms with Crippen LogP contribution in [0.3, 0.4) is 0 Å². The zero-order valence-electron chi connectivity index (χ0n) is 37.4. The molecule has 1 saturated carbocycles. The van der Waals surface area contributed by atoms with Crippen molar-refractivity contribution >= 4 is 40.5 Å². The first-order valence-electron chi connectivity index (χ1n) is 21.8. The molecule has 330 valence electrons. The minimum atomic E-state index is -0.378. The highest BCUT2D eigenvalue weighted by Gasteiger charge is 2.64. The third-order valence-corrected chi connectivity index (χ3v) is 14.6. The number of amides is 1. The summed E-state index contributed by atoms with van der Waals surface area (Å²) in [6.07, 6.45) is 7.56. The summed E-state index contributed by atoms with van der Waals surface area (Å²) >= 11 is 8.03. The normalized spacial score (nSPS) is 20.2. The summed E-state index contributed by atoms with van der Waals surface area (Å²) in [5.74, 6) is 2.72. The van der Waals surface area contributed by atoms with Crippen LogP contribution < -0.4 is 15.0 Å². The van der Waals surface area contributed by atoms with E-state index in [2.05, 4.69) is 107 Å². The summed E-state index contributed by atoms with van der Waals surface area (Å²) in [6.45, 7) is 17.5. The molecule has 63 heavy (non-hydrogen) atoms. The Kier molecular flexibility index (Phi) is 12.8. The number of aromatic nitrogens is 5. The molecule has 1 atom stereocenters. The van der Waals surface area contributed by atoms with Crippen LogP contribution in [0.2, 0.25) is 5.02 Å². The van der Waals surface area contributed by atoms with E-state index in [-0.39, 0.29) is 41.0 Å². The number of methoxy groups -OCH3 is 1. The summed E-state index contributed by atoms with van der Waals surface area (Å²) < 4.78 is 20.4. The summed E-state index contributed by atoms with van der Waals surface area (Å²) in [7, 11) is 1.72. The Labute approximate surface area is 378 Å². The predicted molar refractivity (Wildman–Crippen MR) is 246 cm³/mol. The molecule has 5 heterocycles. The summed E-state index contributed by atoms with van der Waals surface area (Å²) in [5, 5.41) is 22.9. The highest BCUT2D eigenvalue weighted by atomic mass is 35.5. The second-order valence-corrected chi connectivity index (χ2v) is 19.7. The number of nitrogens with one attached hydrogen (secondary N) is 1. The minimum absolute atomic E-state index is 0.158. The molecule has 0 spiro atoms. The zero-order chi connectivity index (χ0) is 44.6. The Morgan fingerprint density at radius 1 is 1.00 bits per heavy atom. The molecule has 1 amide bonds. The van der Waals surface area contributed by atoms with Crippen LogP contribution >= 0.6 is 22.9 Å². The highest BCUT2D eigenvalue weighted by Crippen LogP contribution is 2.55. The number of nitriles is 1. The molecule has 15 heteroatoms. The molecule has 13 nitrogen and oxygen atoms in total. The van der Waals surface area contributed by atoms with Gasteiger partial charge >= 0.3 is 0 Å². The number of aliphatic imine (C=N–C) groups is 1. The Bertz CT molecular complexity index is 2520. The Balaban J connectivity index is 0.801. The molecule has 2 aromatic carbocycles. The lowest BCUT2D eigenvalue weighted by Crippen LogP contribution is -2.74. The fraction of sp³-hybridized carbons (Fsp3) is 0.479. The fourth-order valence-electron chi connectivity index (χ4n) is 9.80. The molecule has 0 unspecified atom stereocenters. The number of aryl methyl sites for hydroxylation is 3. The molecule has 2 aliphatic heterocycles. The molecule has 0 bridgehead atoms. The lowest BCUT2D eigenvalue weighted by Gasteiger charge is -2.63. The van der Waals surface area contributed by atoms with Gasteiger partial charge in [0, 0.05) is 91.2 Å². The van der Waals surface area contributed by atoms with E-state index in [9.17, 15) is 10.1 Å². The third kappa shape index (κ3) is 8.73. The van der Waals surface area contributed by atoms with Crippen molar-refractivity contribution in [2.75, 3.05) is 38.3 Å². The van der Waals surface area contributed by atoms with Crippen molar-refractivity contribution in [2.45, 2.75) is 105 Å². The fourth-order valence-corrected chi connectivity index (χ4v) is 11.2. The van der Waals surface area contributed by atoms with Crippen molar-refractivity contribution in [1.82, 2.24) is 30.0 Å². The molecule has 0 radical (unpaired) electrons. The van der Waals surface area contributed by atoms with Gasteiger partial charge in [0.15, 0.2) is 5.82 Å². The molecule has 8 rings (SSSR count). The van der Waals surface area contributed by atoms with Gasteiger partial charge in [0.2, 0.25) is 5.95 Å². The van der Waals surface area contributed by atoms with E-state index in [1.54, 1.807) is 49.0 Å². The van der Waals surface area contributed by atoms with E-state index in [1.165, 1.54) is 16.0 Å². The van der Waals surface area contributed by atoms with E-state index in [1.807, 2.05) is 6.92 Å². The molecule has 1 N–H and O–H groups in total. The van der Waals surface area contributed by atoms with Gasteiger partial charge in [-0.25, -0.2) is 9.97 Å². The average molecular weight is 891 g/mol. The van der Waals surface area contributed by atoms with Crippen LogP contribution in [0.1, 0.15) is 114 Å². The van der Waals surface area contributed by atoms with Gasteiger partial charge in [-0.2, -0.15) is 5.26 Å². The molecular formula is C48H56ClN9O4S. The number of rotatable bonds is 14. The monoisotopic (exact) mass is 889 g/mol. The largest absolute Gasteiger partial charge is 0.489 e. The minimum Gasteiger partial charge on any atom is -0.489 e. The van der Waals surface area contributed by atoms with Gasteiger partial charge in [-0.1, -0.05) is 63.6 Å². The lowest BCUT2D eigenvalue weighted by molar-refractivity contribution is -0.164. The van der Waals surface area contributed by atoms with Crippen molar-refractivity contribution in [3.8, 4) is 16.8 Å². The van der Waals surface area contributed by atoms with E-state index < -0.39 is 0 Å². The van der Waals surface area contributed by atoms with Crippen LogP contribution in [-0.4, -0.2) is 88.0 Å². The van der Waals surface area contributed by atoms with Crippen molar-refractivity contribution in [3.05, 3.63) is 110 Å². The molecule has 1 saturated heterocycles. The topological polar surface area (TPSA) is 153 Å². The number of halogens is 1. The number of hydrogen-bond donors (Lipinski definition) is 1. The van der Waals surface area contributed by atoms with E-state index in [0.717, 1.165) is 78.7 Å². The van der Waals surface area contributed by atoms with Gasteiger partial charge in [-0.15, -0.1) is 21.5 Å². The number of ether oxygens (including phenoxy) is 3. The van der Waals surface area contributed by atoms with Crippen LogP contribution in [0.25, 0.3) is 5.00 Å². The highest BCUT2D eigenvalue weighted by molar-refractivity contribution is 7.15. The number of carbonyl (C=O) groups is 1. The number of nitrogens with zero attached hydrogens (tertiary/aromatic N) is 8. The van der Waals surface area contributed by atoms with Crippen molar-refractivity contribution < 1.29 is 19.0 Å². The van der Waals surface area contributed by atoms with E-state index >= 15 is 0 Å². The first-order chi connectivity index (χ1) is 30.2. The van der Waals surface area contributed by atoms with Gasteiger partial charge in [-0.3, -0.25) is 14.4 Å². The molecular weight excluding hydrogens is 834 g/mol. The molecule has 3 aromatic heterocycles. The Morgan fingerprint density at radius 3 is 2.38 bits per heavy atom. The number of thiophene rings is 1. The number of piperidine rings is 1. The second kappa shape index (κ2) is 18.1. The van der Waals surface area contributed by atoms with Crippen molar-refractivity contribution in [3.63, 3.8) is 0 Å². The number of anilines is 1. The maximum Gasteiger partial charge on any atom is 0.254 e. The number of benzene rings is 2. The predicted octanol–water partition coefficient (Wildman–Crippen LogP) is 8.73.